The van der Waals surface area contributed by atoms with Gasteiger partial charge in [-0.1, -0.05) is 60.7 Å². The first-order valence-electron chi connectivity index (χ1n) is 8.40. The molecular weight excluding hydrogens is 298 g/mol. The molecule has 0 unspecified atom stereocenters. The molecule has 0 amide bonds. The third-order valence-corrected chi connectivity index (χ3v) is 5.57. The van der Waals surface area contributed by atoms with Crippen LogP contribution in [0.15, 0.2) is 77.8 Å². The van der Waals surface area contributed by atoms with Crippen molar-refractivity contribution in [2.45, 2.75) is 17.9 Å². The molecule has 24 heavy (non-hydrogen) atoms. The van der Waals surface area contributed by atoms with Crippen molar-refractivity contribution in [3.05, 3.63) is 83.9 Å². The average Bonchev–Trinajstić information content (AvgIpc) is 3.31. The minimum atomic E-state index is -0.800. The molecule has 1 fully saturated rings. The third kappa shape index (κ3) is 1.72. The predicted octanol–water partition coefficient (Wildman–Crippen LogP) is 3.72. The van der Waals surface area contributed by atoms with Crippen molar-refractivity contribution >= 4 is 11.9 Å². The molecule has 5 rings (SSSR count). The summed E-state index contributed by atoms with van der Waals surface area (Å²) in [4.78, 5) is 17.9. The first-order valence-corrected chi connectivity index (χ1v) is 8.40. The molecule has 2 aromatic carbocycles. The van der Waals surface area contributed by atoms with Crippen LogP contribution < -0.4 is 0 Å². The van der Waals surface area contributed by atoms with Crippen LogP contribution in [0.1, 0.15) is 23.5 Å². The van der Waals surface area contributed by atoms with Gasteiger partial charge in [-0.2, -0.15) is 0 Å². The number of carbonyl (C=O) groups excluding carboxylic acids is 1. The first-order chi connectivity index (χ1) is 11.8. The van der Waals surface area contributed by atoms with E-state index in [4.69, 9.17) is 9.73 Å². The monoisotopic (exact) mass is 315 g/mol. The van der Waals surface area contributed by atoms with Gasteiger partial charge >= 0.3 is 5.97 Å². The molecule has 1 aliphatic heterocycles. The Balaban J connectivity index is 1.66. The highest BCUT2D eigenvalue weighted by Gasteiger charge is 2.64. The van der Waals surface area contributed by atoms with Gasteiger partial charge in [-0.25, -0.2) is 9.79 Å². The minimum Gasteiger partial charge on any atom is -0.405 e. The van der Waals surface area contributed by atoms with E-state index in [2.05, 4.69) is 24.3 Å². The van der Waals surface area contributed by atoms with Crippen LogP contribution in [-0.2, 0) is 9.53 Å². The number of aliphatic imine (C=N–C) groups is 1. The summed E-state index contributed by atoms with van der Waals surface area (Å²) in [6.45, 7) is 0. The number of ether oxygens (including phenoxy) is 1. The summed E-state index contributed by atoms with van der Waals surface area (Å²) < 4.78 is 5.67. The fraction of sp³-hybridized carbons (Fsp3) is 0.238. The predicted molar refractivity (Wildman–Crippen MR) is 91.7 cm³/mol. The molecule has 0 radical (unpaired) electrons. The maximum Gasteiger partial charge on any atom is 0.342 e. The molecule has 3 nitrogen and oxygen atoms in total. The molecule has 3 heteroatoms. The molecule has 3 aliphatic rings. The first kappa shape index (κ1) is 13.7. The van der Waals surface area contributed by atoms with Gasteiger partial charge in [0.05, 0.1) is 0 Å². The molecular formula is C21H17NO2. The van der Waals surface area contributed by atoms with Crippen molar-refractivity contribution < 1.29 is 9.53 Å². The molecule has 1 heterocycles. The number of benzene rings is 2. The average molecular weight is 315 g/mol. The highest BCUT2D eigenvalue weighted by atomic mass is 16.6. The number of hydrogen-bond donors (Lipinski definition) is 0. The second kappa shape index (κ2) is 4.91. The van der Waals surface area contributed by atoms with Crippen LogP contribution in [0, 0.1) is 11.8 Å². The second-order valence-corrected chi connectivity index (χ2v) is 6.78. The number of esters is 1. The van der Waals surface area contributed by atoms with E-state index in [0.717, 1.165) is 12.0 Å². The van der Waals surface area contributed by atoms with Crippen LogP contribution in [-0.4, -0.2) is 17.4 Å². The van der Waals surface area contributed by atoms with E-state index in [0.29, 0.717) is 11.8 Å². The normalized spacial score (nSPS) is 33.1. The molecule has 118 valence electrons. The second-order valence-electron chi connectivity index (χ2n) is 6.78. The molecule has 2 bridgehead atoms. The Morgan fingerprint density at radius 3 is 2.42 bits per heavy atom. The van der Waals surface area contributed by atoms with E-state index < -0.39 is 5.54 Å². The standard InChI is InChI=1S/C21H17NO2/c23-20-21(22-19(24-20)15-9-5-2-6-10-15)17-12-11-16(13-17)18(21)14-7-3-1-4-8-14/h1-12,16-18H,13H2/t16-,17+,18-,21+/m0/s1. The lowest BCUT2D eigenvalue weighted by Gasteiger charge is -2.32. The van der Waals surface area contributed by atoms with Gasteiger partial charge in [0.15, 0.2) is 5.54 Å². The van der Waals surface area contributed by atoms with Gasteiger partial charge in [0, 0.05) is 17.4 Å². The van der Waals surface area contributed by atoms with Gasteiger partial charge in [0.2, 0.25) is 5.90 Å². The van der Waals surface area contributed by atoms with Crippen LogP contribution >= 0.6 is 0 Å². The van der Waals surface area contributed by atoms with E-state index in [1.807, 2.05) is 48.5 Å². The van der Waals surface area contributed by atoms with Crippen LogP contribution in [0.5, 0.6) is 0 Å². The summed E-state index contributed by atoms with van der Waals surface area (Å²) in [6, 6.07) is 20.0. The lowest BCUT2D eigenvalue weighted by atomic mass is 9.73. The van der Waals surface area contributed by atoms with Crippen molar-refractivity contribution in [2.75, 3.05) is 0 Å². The maximum absolute atomic E-state index is 13.0. The quantitative estimate of drug-likeness (QED) is 0.626. The molecule has 0 saturated heterocycles. The Kier molecular flexibility index (Phi) is 2.81. The minimum absolute atomic E-state index is 0.0578. The van der Waals surface area contributed by atoms with Crippen molar-refractivity contribution in [3.8, 4) is 0 Å². The molecule has 1 spiro atoms. The SMILES string of the molecule is O=C1OC(c2ccccc2)=N[C@@]12[C@@H]1C=C[C@@H](C1)[C@@H]2c1ccccc1. The number of carbonyl (C=O) groups is 1. The molecule has 0 aromatic heterocycles. The van der Waals surface area contributed by atoms with Crippen molar-refractivity contribution in [2.24, 2.45) is 16.8 Å². The summed E-state index contributed by atoms with van der Waals surface area (Å²) in [5.41, 5.74) is 1.23. The van der Waals surface area contributed by atoms with Gasteiger partial charge < -0.3 is 4.74 Å². The summed E-state index contributed by atoms with van der Waals surface area (Å²) in [5, 5.41) is 0. The Bertz CT molecular complexity index is 856. The van der Waals surface area contributed by atoms with Gasteiger partial charge in [-0.3, -0.25) is 0 Å². The highest BCUT2D eigenvalue weighted by molar-refractivity contribution is 6.09. The summed E-state index contributed by atoms with van der Waals surface area (Å²) in [6.07, 6.45) is 5.37. The van der Waals surface area contributed by atoms with E-state index >= 15 is 0 Å². The van der Waals surface area contributed by atoms with E-state index in [1.165, 1.54) is 5.56 Å². The number of cyclic esters (lactones) is 1. The number of fused-ring (bicyclic) bond motifs is 3. The van der Waals surface area contributed by atoms with Crippen molar-refractivity contribution in [1.82, 2.24) is 0 Å². The lowest BCUT2D eigenvalue weighted by Crippen LogP contribution is -2.44. The Labute approximate surface area is 140 Å². The largest absolute Gasteiger partial charge is 0.405 e. The van der Waals surface area contributed by atoms with Gasteiger partial charge in [-0.15, -0.1) is 0 Å². The van der Waals surface area contributed by atoms with Gasteiger partial charge in [0.1, 0.15) is 0 Å². The molecule has 0 N–H and O–H groups in total. The topological polar surface area (TPSA) is 38.7 Å². The van der Waals surface area contributed by atoms with Crippen LogP contribution in [0.2, 0.25) is 0 Å². The number of rotatable bonds is 2. The lowest BCUT2D eigenvalue weighted by molar-refractivity contribution is -0.140. The maximum atomic E-state index is 13.0. The summed E-state index contributed by atoms with van der Waals surface area (Å²) in [5.74, 6) is 0.794. The third-order valence-electron chi connectivity index (χ3n) is 5.57. The molecule has 2 aliphatic carbocycles. The number of nitrogens with zero attached hydrogens (tertiary/aromatic N) is 1. The Hall–Kier alpha value is -2.68. The number of allylic oxidation sites excluding steroid dienone is 1. The zero-order chi connectivity index (χ0) is 16.1. The fourth-order valence-corrected chi connectivity index (χ4v) is 4.56. The Morgan fingerprint density at radius 2 is 1.67 bits per heavy atom. The molecule has 1 saturated carbocycles. The van der Waals surface area contributed by atoms with Gasteiger partial charge in [0.25, 0.3) is 0 Å². The highest BCUT2D eigenvalue weighted by Crippen LogP contribution is 2.59. The summed E-state index contributed by atoms with van der Waals surface area (Å²) >= 11 is 0. The van der Waals surface area contributed by atoms with Crippen LogP contribution in [0.4, 0.5) is 0 Å². The smallest absolute Gasteiger partial charge is 0.342 e. The van der Waals surface area contributed by atoms with Crippen LogP contribution in [0.3, 0.4) is 0 Å². The number of hydrogen-bond acceptors (Lipinski definition) is 3. The summed E-state index contributed by atoms with van der Waals surface area (Å²) in [7, 11) is 0. The van der Waals surface area contributed by atoms with E-state index in [-0.39, 0.29) is 17.8 Å². The van der Waals surface area contributed by atoms with Crippen molar-refractivity contribution in [3.63, 3.8) is 0 Å². The zero-order valence-electron chi connectivity index (χ0n) is 13.1. The Morgan fingerprint density at radius 1 is 0.958 bits per heavy atom. The van der Waals surface area contributed by atoms with Crippen molar-refractivity contribution in [1.29, 1.82) is 0 Å². The van der Waals surface area contributed by atoms with E-state index in [1.54, 1.807) is 0 Å². The van der Waals surface area contributed by atoms with Gasteiger partial charge in [-0.05, 0) is 30.0 Å². The zero-order valence-corrected chi connectivity index (χ0v) is 13.1. The van der Waals surface area contributed by atoms with Crippen LogP contribution in [0.25, 0.3) is 0 Å². The van der Waals surface area contributed by atoms with E-state index in [9.17, 15) is 4.79 Å². The fourth-order valence-electron chi connectivity index (χ4n) is 4.56. The molecule has 4 atom stereocenters. The molecule has 2 aromatic rings.